The van der Waals surface area contributed by atoms with Gasteiger partial charge in [0.25, 0.3) is 0 Å². The molecule has 0 bridgehead atoms. The average molecular weight is 211 g/mol. The third-order valence-electron chi connectivity index (χ3n) is 3.89. The molecule has 0 saturated heterocycles. The Morgan fingerprint density at radius 1 is 1.33 bits per heavy atom. The lowest BCUT2D eigenvalue weighted by atomic mass is 9.68. The monoisotopic (exact) mass is 211 g/mol. The lowest BCUT2D eigenvalue weighted by molar-refractivity contribution is -0.134. The third kappa shape index (κ3) is 2.81. The van der Waals surface area contributed by atoms with Gasteiger partial charge in [-0.05, 0) is 19.3 Å². The van der Waals surface area contributed by atoms with Gasteiger partial charge in [0.05, 0.1) is 0 Å². The Bertz CT molecular complexity index is 207. The Morgan fingerprint density at radius 3 is 2.40 bits per heavy atom. The van der Waals surface area contributed by atoms with Crippen LogP contribution in [-0.4, -0.2) is 12.3 Å². The van der Waals surface area contributed by atoms with Crippen LogP contribution in [-0.2, 0) is 4.79 Å². The Hall–Kier alpha value is -0.370. The van der Waals surface area contributed by atoms with Gasteiger partial charge < -0.3 is 5.73 Å². The van der Waals surface area contributed by atoms with Crippen LogP contribution in [0.5, 0.6) is 0 Å². The molecule has 0 amide bonds. The van der Waals surface area contributed by atoms with E-state index in [1.54, 1.807) is 0 Å². The fraction of sp³-hybridized carbons (Fsp3) is 0.923. The first-order chi connectivity index (χ1) is 7.16. The standard InChI is InChI=1S/C13H25NO/c1-3-7-11(2)12(15)13(10-14)8-5-4-6-9-13/h11H,3-10,14H2,1-2H3. The zero-order chi connectivity index (χ0) is 11.3. The van der Waals surface area contributed by atoms with Crippen LogP contribution in [0.4, 0.5) is 0 Å². The van der Waals surface area contributed by atoms with Crippen molar-refractivity contribution in [1.29, 1.82) is 0 Å². The summed E-state index contributed by atoms with van der Waals surface area (Å²) in [6.45, 7) is 4.76. The molecule has 2 heteroatoms. The number of carbonyl (C=O) groups is 1. The van der Waals surface area contributed by atoms with Gasteiger partial charge in [-0.1, -0.05) is 39.5 Å². The minimum absolute atomic E-state index is 0.160. The minimum atomic E-state index is -0.160. The van der Waals surface area contributed by atoms with Crippen LogP contribution >= 0.6 is 0 Å². The molecule has 1 rings (SSSR count). The molecular weight excluding hydrogens is 186 g/mol. The van der Waals surface area contributed by atoms with E-state index in [4.69, 9.17) is 5.73 Å². The summed E-state index contributed by atoms with van der Waals surface area (Å²) in [7, 11) is 0. The molecule has 88 valence electrons. The van der Waals surface area contributed by atoms with E-state index in [0.29, 0.717) is 12.3 Å². The maximum absolute atomic E-state index is 12.4. The molecule has 1 aliphatic rings. The molecule has 2 N–H and O–H groups in total. The number of nitrogens with two attached hydrogens (primary N) is 1. The molecule has 0 aromatic rings. The molecule has 0 heterocycles. The van der Waals surface area contributed by atoms with Gasteiger partial charge >= 0.3 is 0 Å². The molecular formula is C13H25NO. The lowest BCUT2D eigenvalue weighted by Gasteiger charge is -2.36. The fourth-order valence-corrected chi connectivity index (χ4v) is 2.87. The number of hydrogen-bond acceptors (Lipinski definition) is 2. The Kier molecular flexibility index (Phi) is 4.78. The van der Waals surface area contributed by atoms with Crippen molar-refractivity contribution in [2.24, 2.45) is 17.1 Å². The second kappa shape index (κ2) is 5.64. The highest BCUT2D eigenvalue weighted by Gasteiger charge is 2.39. The van der Waals surface area contributed by atoms with Crippen molar-refractivity contribution < 1.29 is 4.79 Å². The van der Waals surface area contributed by atoms with Gasteiger partial charge in [0.15, 0.2) is 0 Å². The number of hydrogen-bond donors (Lipinski definition) is 1. The highest BCUT2D eigenvalue weighted by atomic mass is 16.1. The van der Waals surface area contributed by atoms with Gasteiger partial charge in [0.2, 0.25) is 0 Å². The van der Waals surface area contributed by atoms with Gasteiger partial charge in [-0.2, -0.15) is 0 Å². The van der Waals surface area contributed by atoms with Crippen LogP contribution in [0.25, 0.3) is 0 Å². The summed E-state index contributed by atoms with van der Waals surface area (Å²) in [6, 6.07) is 0. The number of carbonyl (C=O) groups excluding carboxylic acids is 1. The smallest absolute Gasteiger partial charge is 0.143 e. The molecule has 0 radical (unpaired) electrons. The van der Waals surface area contributed by atoms with E-state index in [2.05, 4.69) is 13.8 Å². The zero-order valence-corrected chi connectivity index (χ0v) is 10.2. The van der Waals surface area contributed by atoms with Crippen molar-refractivity contribution in [1.82, 2.24) is 0 Å². The second-order valence-corrected chi connectivity index (χ2v) is 5.10. The van der Waals surface area contributed by atoms with Gasteiger partial charge in [0.1, 0.15) is 5.78 Å². The van der Waals surface area contributed by atoms with Crippen LogP contribution in [0.3, 0.4) is 0 Å². The summed E-state index contributed by atoms with van der Waals surface area (Å²) in [5, 5.41) is 0. The molecule has 1 aliphatic carbocycles. The first-order valence-corrected chi connectivity index (χ1v) is 6.40. The van der Waals surface area contributed by atoms with E-state index in [1.165, 1.54) is 19.3 Å². The second-order valence-electron chi connectivity index (χ2n) is 5.10. The topological polar surface area (TPSA) is 43.1 Å². The molecule has 1 unspecified atom stereocenters. The average Bonchev–Trinajstić information content (AvgIpc) is 2.29. The van der Waals surface area contributed by atoms with E-state index in [1.807, 2.05) is 0 Å². The van der Waals surface area contributed by atoms with Crippen LogP contribution < -0.4 is 5.73 Å². The van der Waals surface area contributed by atoms with Crippen molar-refractivity contribution in [3.63, 3.8) is 0 Å². The lowest BCUT2D eigenvalue weighted by Crippen LogP contribution is -2.43. The molecule has 1 saturated carbocycles. The summed E-state index contributed by atoms with van der Waals surface area (Å²) >= 11 is 0. The fourth-order valence-electron chi connectivity index (χ4n) is 2.87. The first-order valence-electron chi connectivity index (χ1n) is 6.40. The molecule has 0 aromatic heterocycles. The largest absolute Gasteiger partial charge is 0.329 e. The predicted molar refractivity (Wildman–Crippen MR) is 63.7 cm³/mol. The molecule has 2 nitrogen and oxygen atoms in total. The molecule has 15 heavy (non-hydrogen) atoms. The maximum Gasteiger partial charge on any atom is 0.143 e. The van der Waals surface area contributed by atoms with Crippen molar-refractivity contribution in [3.8, 4) is 0 Å². The highest BCUT2D eigenvalue weighted by molar-refractivity contribution is 5.87. The van der Waals surface area contributed by atoms with Crippen LogP contribution in [0, 0.1) is 11.3 Å². The van der Waals surface area contributed by atoms with Gasteiger partial charge in [-0.3, -0.25) is 4.79 Å². The zero-order valence-electron chi connectivity index (χ0n) is 10.2. The van der Waals surface area contributed by atoms with Crippen LogP contribution in [0.15, 0.2) is 0 Å². The maximum atomic E-state index is 12.4. The molecule has 0 aromatic carbocycles. The van der Waals surface area contributed by atoms with Crippen molar-refractivity contribution >= 4 is 5.78 Å². The van der Waals surface area contributed by atoms with Crippen LogP contribution in [0.2, 0.25) is 0 Å². The summed E-state index contributed by atoms with van der Waals surface area (Å²) in [4.78, 5) is 12.4. The summed E-state index contributed by atoms with van der Waals surface area (Å²) in [5.74, 6) is 0.642. The summed E-state index contributed by atoms with van der Waals surface area (Å²) < 4.78 is 0. The van der Waals surface area contributed by atoms with Crippen molar-refractivity contribution in [2.75, 3.05) is 6.54 Å². The minimum Gasteiger partial charge on any atom is -0.329 e. The SMILES string of the molecule is CCCC(C)C(=O)C1(CN)CCCCC1. The normalized spacial score (nSPS) is 22.3. The van der Waals surface area contributed by atoms with E-state index in [0.717, 1.165) is 25.7 Å². The Labute approximate surface area is 93.6 Å². The highest BCUT2D eigenvalue weighted by Crippen LogP contribution is 2.38. The molecule has 1 atom stereocenters. The van der Waals surface area contributed by atoms with Crippen LogP contribution in [0.1, 0.15) is 58.8 Å². The number of rotatable bonds is 5. The third-order valence-corrected chi connectivity index (χ3v) is 3.89. The van der Waals surface area contributed by atoms with E-state index >= 15 is 0 Å². The predicted octanol–water partition coefficient (Wildman–Crippen LogP) is 2.90. The molecule has 1 fully saturated rings. The molecule has 0 spiro atoms. The van der Waals surface area contributed by atoms with Gasteiger partial charge in [-0.15, -0.1) is 0 Å². The Balaban J connectivity index is 2.67. The van der Waals surface area contributed by atoms with Gasteiger partial charge in [-0.25, -0.2) is 0 Å². The summed E-state index contributed by atoms with van der Waals surface area (Å²) in [5.41, 5.74) is 5.69. The quantitative estimate of drug-likeness (QED) is 0.760. The van der Waals surface area contributed by atoms with Crippen molar-refractivity contribution in [3.05, 3.63) is 0 Å². The summed E-state index contributed by atoms with van der Waals surface area (Å²) in [6.07, 6.45) is 7.79. The Morgan fingerprint density at radius 2 is 1.93 bits per heavy atom. The van der Waals surface area contributed by atoms with E-state index < -0.39 is 0 Å². The number of Topliss-reactive ketones (excluding diaryl/α,β-unsaturated/α-hetero) is 1. The van der Waals surface area contributed by atoms with Crippen molar-refractivity contribution in [2.45, 2.75) is 58.8 Å². The number of ketones is 1. The van der Waals surface area contributed by atoms with Gasteiger partial charge in [0, 0.05) is 17.9 Å². The first kappa shape index (κ1) is 12.7. The molecule has 0 aliphatic heterocycles. The van der Waals surface area contributed by atoms with E-state index in [-0.39, 0.29) is 11.3 Å². The van der Waals surface area contributed by atoms with E-state index in [9.17, 15) is 4.79 Å².